The first-order chi connectivity index (χ1) is 11.2. The Hall–Kier alpha value is -2.17. The third kappa shape index (κ3) is 5.20. The highest BCUT2D eigenvalue weighted by molar-refractivity contribution is 5.73. The van der Waals surface area contributed by atoms with E-state index >= 15 is 0 Å². The van der Waals surface area contributed by atoms with Crippen LogP contribution < -0.4 is 4.74 Å². The van der Waals surface area contributed by atoms with Gasteiger partial charge in [0.2, 0.25) is 0 Å². The Morgan fingerprint density at radius 2 is 2.13 bits per heavy atom. The van der Waals surface area contributed by atoms with Crippen LogP contribution in [0.2, 0.25) is 0 Å². The van der Waals surface area contributed by atoms with Crippen molar-refractivity contribution in [2.45, 2.75) is 52.5 Å². The number of ether oxygens (including phenoxy) is 1. The highest BCUT2D eigenvalue weighted by Gasteiger charge is 2.11. The van der Waals surface area contributed by atoms with Gasteiger partial charge in [0.05, 0.1) is 12.3 Å². The molecule has 0 aliphatic heterocycles. The lowest BCUT2D eigenvalue weighted by Gasteiger charge is -2.08. The minimum absolute atomic E-state index is 0.481. The molecule has 0 atom stereocenters. The van der Waals surface area contributed by atoms with Gasteiger partial charge in [-0.3, -0.25) is 4.79 Å². The monoisotopic (exact) mass is 315 g/mol. The molecule has 1 heterocycles. The third-order valence-electron chi connectivity index (χ3n) is 3.77. The van der Waals surface area contributed by atoms with E-state index in [1.165, 1.54) is 5.56 Å². The minimum Gasteiger partial charge on any atom is -0.494 e. The van der Waals surface area contributed by atoms with Crippen LogP contribution in [-0.2, 0) is 13.0 Å². The molecule has 0 aliphatic rings. The van der Waals surface area contributed by atoms with E-state index in [4.69, 9.17) is 4.74 Å². The normalized spacial score (nSPS) is 10.7. The molecule has 23 heavy (non-hydrogen) atoms. The highest BCUT2D eigenvalue weighted by Crippen LogP contribution is 2.13. The average molecular weight is 315 g/mol. The van der Waals surface area contributed by atoms with Gasteiger partial charge in [0.25, 0.3) is 0 Å². The molecule has 0 radical (unpaired) electrons. The van der Waals surface area contributed by atoms with Gasteiger partial charge in [0.15, 0.2) is 6.29 Å². The second-order valence-corrected chi connectivity index (χ2v) is 5.74. The van der Waals surface area contributed by atoms with Crippen molar-refractivity contribution in [2.24, 2.45) is 0 Å². The van der Waals surface area contributed by atoms with Crippen LogP contribution in [0.25, 0.3) is 0 Å². The molecule has 0 aliphatic carbocycles. The first-order valence-corrected chi connectivity index (χ1v) is 8.31. The van der Waals surface area contributed by atoms with Crippen molar-refractivity contribution in [3.8, 4) is 5.75 Å². The predicted molar refractivity (Wildman–Crippen MR) is 89.9 cm³/mol. The second kappa shape index (κ2) is 9.08. The molecule has 0 amide bonds. The molecular weight excluding hydrogens is 290 g/mol. The zero-order valence-electron chi connectivity index (χ0n) is 14.0. The molecule has 0 unspecified atom stereocenters. The van der Waals surface area contributed by atoms with Crippen molar-refractivity contribution < 1.29 is 9.53 Å². The highest BCUT2D eigenvalue weighted by atomic mass is 16.5. The van der Waals surface area contributed by atoms with Crippen LogP contribution in [0.15, 0.2) is 24.3 Å². The fourth-order valence-corrected chi connectivity index (χ4v) is 2.48. The summed E-state index contributed by atoms with van der Waals surface area (Å²) in [4.78, 5) is 11.0. The second-order valence-electron chi connectivity index (χ2n) is 5.74. The van der Waals surface area contributed by atoms with Crippen molar-refractivity contribution >= 4 is 6.29 Å². The molecule has 5 nitrogen and oxygen atoms in total. The number of aldehydes is 1. The van der Waals surface area contributed by atoms with E-state index in [9.17, 15) is 4.79 Å². The van der Waals surface area contributed by atoms with Crippen LogP contribution in [0.1, 0.15) is 54.4 Å². The molecule has 1 aromatic heterocycles. The lowest BCUT2D eigenvalue weighted by atomic mass is 10.1. The summed E-state index contributed by atoms with van der Waals surface area (Å²) in [5, 5.41) is 8.06. The Morgan fingerprint density at radius 1 is 1.26 bits per heavy atom. The first kappa shape index (κ1) is 17.2. The van der Waals surface area contributed by atoms with Crippen molar-refractivity contribution in [3.05, 3.63) is 41.2 Å². The molecule has 0 bridgehead atoms. The Balaban J connectivity index is 1.77. The molecule has 124 valence electrons. The van der Waals surface area contributed by atoms with E-state index in [-0.39, 0.29) is 0 Å². The Morgan fingerprint density at radius 3 is 2.87 bits per heavy atom. The standard InChI is InChI=1S/C18H25N3O2/c1-3-4-10-18-17(14-22)19-20-21(18)11-5-6-12-23-16-9-7-8-15(2)13-16/h7-9,13-14H,3-6,10-12H2,1-2H3. The van der Waals surface area contributed by atoms with Crippen LogP contribution in [0.3, 0.4) is 0 Å². The van der Waals surface area contributed by atoms with Crippen LogP contribution in [-0.4, -0.2) is 27.9 Å². The largest absolute Gasteiger partial charge is 0.494 e. The van der Waals surface area contributed by atoms with Gasteiger partial charge in [-0.2, -0.15) is 0 Å². The quantitative estimate of drug-likeness (QED) is 0.496. The fourth-order valence-electron chi connectivity index (χ4n) is 2.48. The van der Waals surface area contributed by atoms with E-state index in [1.807, 2.05) is 22.9 Å². The van der Waals surface area contributed by atoms with Crippen LogP contribution in [0, 0.1) is 6.92 Å². The maximum atomic E-state index is 11.0. The summed E-state index contributed by atoms with van der Waals surface area (Å²) >= 11 is 0. The van der Waals surface area contributed by atoms with E-state index in [1.54, 1.807) is 0 Å². The zero-order chi connectivity index (χ0) is 16.5. The SMILES string of the molecule is CCCCc1c(C=O)nnn1CCCCOc1cccc(C)c1. The summed E-state index contributed by atoms with van der Waals surface area (Å²) in [6, 6.07) is 8.07. The number of benzene rings is 1. The van der Waals surface area contributed by atoms with Gasteiger partial charge in [-0.25, -0.2) is 4.68 Å². The van der Waals surface area contributed by atoms with Crippen molar-refractivity contribution in [3.63, 3.8) is 0 Å². The number of hydrogen-bond acceptors (Lipinski definition) is 4. The van der Waals surface area contributed by atoms with E-state index in [0.717, 1.165) is 56.4 Å². The molecule has 1 aromatic carbocycles. The number of hydrogen-bond donors (Lipinski definition) is 0. The molecule has 0 fully saturated rings. The number of unbranched alkanes of at least 4 members (excludes halogenated alkanes) is 2. The maximum Gasteiger partial charge on any atom is 0.172 e. The predicted octanol–water partition coefficient (Wildman–Crippen LogP) is 3.60. The van der Waals surface area contributed by atoms with Crippen molar-refractivity contribution in [1.82, 2.24) is 15.0 Å². The van der Waals surface area contributed by atoms with Gasteiger partial charge in [-0.1, -0.05) is 30.7 Å². The summed E-state index contributed by atoms with van der Waals surface area (Å²) in [6.45, 7) is 5.65. The number of nitrogens with zero attached hydrogens (tertiary/aromatic N) is 3. The Kier molecular flexibility index (Phi) is 6.78. The number of aryl methyl sites for hydroxylation is 2. The third-order valence-corrected chi connectivity index (χ3v) is 3.77. The zero-order valence-corrected chi connectivity index (χ0v) is 14.0. The van der Waals surface area contributed by atoms with Gasteiger partial charge in [-0.15, -0.1) is 5.10 Å². The Bertz CT molecular complexity index is 622. The number of aromatic nitrogens is 3. The molecule has 0 N–H and O–H groups in total. The molecule has 0 saturated carbocycles. The van der Waals surface area contributed by atoms with E-state index in [0.29, 0.717) is 12.3 Å². The average Bonchev–Trinajstić information content (AvgIpc) is 2.94. The minimum atomic E-state index is 0.481. The molecule has 2 aromatic rings. The summed E-state index contributed by atoms with van der Waals surface area (Å²) < 4.78 is 7.61. The summed E-state index contributed by atoms with van der Waals surface area (Å²) in [5.74, 6) is 0.914. The maximum absolute atomic E-state index is 11.0. The van der Waals surface area contributed by atoms with Crippen molar-refractivity contribution in [2.75, 3.05) is 6.61 Å². The number of rotatable bonds is 10. The van der Waals surface area contributed by atoms with E-state index in [2.05, 4.69) is 30.2 Å². The smallest absolute Gasteiger partial charge is 0.172 e. The van der Waals surface area contributed by atoms with Crippen molar-refractivity contribution in [1.29, 1.82) is 0 Å². The van der Waals surface area contributed by atoms with Crippen LogP contribution >= 0.6 is 0 Å². The van der Waals surface area contributed by atoms with Gasteiger partial charge in [-0.05, 0) is 50.3 Å². The number of carbonyl (C=O) groups is 1. The summed E-state index contributed by atoms with van der Waals surface area (Å²) in [6.07, 6.45) is 5.69. The lowest BCUT2D eigenvalue weighted by Crippen LogP contribution is -2.08. The Labute approximate surface area is 137 Å². The number of carbonyl (C=O) groups excluding carboxylic acids is 1. The lowest BCUT2D eigenvalue weighted by molar-refractivity contribution is 0.111. The molecule has 5 heteroatoms. The molecule has 0 spiro atoms. The molecule has 2 rings (SSSR count). The topological polar surface area (TPSA) is 57.0 Å². The molecule has 0 saturated heterocycles. The summed E-state index contributed by atoms with van der Waals surface area (Å²) in [5.41, 5.74) is 2.64. The van der Waals surface area contributed by atoms with Crippen LogP contribution in [0.4, 0.5) is 0 Å². The van der Waals surface area contributed by atoms with Gasteiger partial charge >= 0.3 is 0 Å². The van der Waals surface area contributed by atoms with Gasteiger partial charge < -0.3 is 4.74 Å². The molecular formula is C18H25N3O2. The fraction of sp³-hybridized carbons (Fsp3) is 0.500. The summed E-state index contributed by atoms with van der Waals surface area (Å²) in [7, 11) is 0. The van der Waals surface area contributed by atoms with E-state index < -0.39 is 0 Å². The van der Waals surface area contributed by atoms with Gasteiger partial charge in [0.1, 0.15) is 11.4 Å². The van der Waals surface area contributed by atoms with Gasteiger partial charge in [0, 0.05) is 6.54 Å². The first-order valence-electron chi connectivity index (χ1n) is 8.31. The van der Waals surface area contributed by atoms with Crippen LogP contribution in [0.5, 0.6) is 5.75 Å².